The Bertz CT molecular complexity index is 288. The molecule has 4 unspecified atom stereocenters. The van der Waals surface area contributed by atoms with Crippen molar-refractivity contribution in [1.82, 2.24) is 5.32 Å². The van der Waals surface area contributed by atoms with Gasteiger partial charge >= 0.3 is 0 Å². The predicted octanol–water partition coefficient (Wildman–Crippen LogP) is 3.07. The first kappa shape index (κ1) is 13.3. The summed E-state index contributed by atoms with van der Waals surface area (Å²) in [5.41, 5.74) is 0.338. The van der Waals surface area contributed by atoms with Crippen LogP contribution >= 0.6 is 11.8 Å². The van der Waals surface area contributed by atoms with Crippen molar-refractivity contribution in [2.45, 2.75) is 63.3 Å². The van der Waals surface area contributed by atoms with Gasteiger partial charge in [0.2, 0.25) is 0 Å². The Balaban J connectivity index is 1.52. The van der Waals surface area contributed by atoms with Crippen LogP contribution in [0, 0.1) is 11.3 Å². The SMILES string of the molecule is CC1(C)C(NCC2CCCCS2)C2CCCOC21. The zero-order valence-electron chi connectivity index (χ0n) is 11.8. The average Bonchev–Trinajstić information content (AvgIpc) is 2.40. The summed E-state index contributed by atoms with van der Waals surface area (Å²) in [6, 6.07) is 0.685. The Hall–Kier alpha value is 0.270. The predicted molar refractivity (Wildman–Crippen MR) is 78.1 cm³/mol. The number of ether oxygens (including phenoxy) is 1. The molecule has 0 bridgehead atoms. The van der Waals surface area contributed by atoms with Crippen LogP contribution in [0.2, 0.25) is 0 Å². The van der Waals surface area contributed by atoms with Gasteiger partial charge in [-0.2, -0.15) is 11.8 Å². The van der Waals surface area contributed by atoms with Crippen molar-refractivity contribution in [1.29, 1.82) is 0 Å². The first-order valence-corrected chi connectivity index (χ1v) is 8.71. The molecule has 2 heterocycles. The van der Waals surface area contributed by atoms with Crippen LogP contribution in [0.25, 0.3) is 0 Å². The van der Waals surface area contributed by atoms with Crippen molar-refractivity contribution < 1.29 is 4.74 Å². The molecule has 3 fully saturated rings. The topological polar surface area (TPSA) is 21.3 Å². The highest BCUT2D eigenvalue weighted by molar-refractivity contribution is 7.99. The lowest BCUT2D eigenvalue weighted by Gasteiger charge is -2.60. The zero-order chi connectivity index (χ0) is 12.6. The Kier molecular flexibility index (Phi) is 3.93. The van der Waals surface area contributed by atoms with Crippen LogP contribution in [0.1, 0.15) is 46.0 Å². The molecule has 3 heteroatoms. The van der Waals surface area contributed by atoms with Crippen LogP contribution in [0.15, 0.2) is 0 Å². The molecule has 0 spiro atoms. The molecule has 0 amide bonds. The van der Waals surface area contributed by atoms with Crippen molar-refractivity contribution in [2.24, 2.45) is 11.3 Å². The van der Waals surface area contributed by atoms with E-state index < -0.39 is 0 Å². The van der Waals surface area contributed by atoms with Crippen LogP contribution in [-0.4, -0.2) is 36.3 Å². The zero-order valence-corrected chi connectivity index (χ0v) is 12.6. The summed E-state index contributed by atoms with van der Waals surface area (Å²) in [6.07, 6.45) is 7.41. The molecule has 0 aromatic heterocycles. The third-order valence-corrected chi connectivity index (χ3v) is 6.57. The summed E-state index contributed by atoms with van der Waals surface area (Å²) in [6.45, 7) is 6.95. The summed E-state index contributed by atoms with van der Waals surface area (Å²) in [4.78, 5) is 0. The lowest BCUT2D eigenvalue weighted by atomic mass is 9.55. The standard InChI is InChI=1S/C15H27NOS/c1-15(2)13(12-7-5-8-17-14(12)15)16-10-11-6-3-4-9-18-11/h11-14,16H,3-10H2,1-2H3. The Morgan fingerprint density at radius 2 is 2.11 bits per heavy atom. The molecule has 3 rings (SSSR count). The van der Waals surface area contributed by atoms with Gasteiger partial charge in [-0.15, -0.1) is 0 Å². The molecule has 2 nitrogen and oxygen atoms in total. The van der Waals surface area contributed by atoms with Gasteiger partial charge < -0.3 is 10.1 Å². The van der Waals surface area contributed by atoms with Crippen molar-refractivity contribution >= 4 is 11.8 Å². The molecule has 18 heavy (non-hydrogen) atoms. The van der Waals surface area contributed by atoms with E-state index in [-0.39, 0.29) is 0 Å². The van der Waals surface area contributed by atoms with Crippen molar-refractivity contribution in [2.75, 3.05) is 18.9 Å². The summed E-state index contributed by atoms with van der Waals surface area (Å²) >= 11 is 2.18. The smallest absolute Gasteiger partial charge is 0.0684 e. The fourth-order valence-corrected chi connectivity index (χ4v) is 5.42. The van der Waals surface area contributed by atoms with Crippen molar-refractivity contribution in [3.05, 3.63) is 0 Å². The van der Waals surface area contributed by atoms with E-state index in [1.165, 1.54) is 44.4 Å². The average molecular weight is 269 g/mol. The number of hydrogen-bond donors (Lipinski definition) is 1. The van der Waals surface area contributed by atoms with Gasteiger partial charge in [-0.3, -0.25) is 0 Å². The minimum absolute atomic E-state index is 0.338. The highest BCUT2D eigenvalue weighted by atomic mass is 32.2. The molecule has 104 valence electrons. The van der Waals surface area contributed by atoms with Crippen LogP contribution < -0.4 is 5.32 Å². The van der Waals surface area contributed by atoms with Gasteiger partial charge in [0.05, 0.1) is 6.10 Å². The number of nitrogens with one attached hydrogen (secondary N) is 1. The van der Waals surface area contributed by atoms with Crippen molar-refractivity contribution in [3.8, 4) is 0 Å². The van der Waals surface area contributed by atoms with E-state index >= 15 is 0 Å². The second-order valence-electron chi connectivity index (χ2n) is 6.79. The second kappa shape index (κ2) is 5.34. The van der Waals surface area contributed by atoms with Crippen LogP contribution in [0.3, 0.4) is 0 Å². The first-order valence-electron chi connectivity index (χ1n) is 7.66. The molecular weight excluding hydrogens is 242 g/mol. The van der Waals surface area contributed by atoms with E-state index in [1.807, 2.05) is 0 Å². The first-order chi connectivity index (χ1) is 8.69. The molecule has 1 saturated carbocycles. The number of rotatable bonds is 3. The van der Waals surface area contributed by atoms with E-state index in [0.717, 1.165) is 17.8 Å². The summed E-state index contributed by atoms with van der Waals surface area (Å²) in [5, 5.41) is 4.74. The fraction of sp³-hybridized carbons (Fsp3) is 1.00. The third-order valence-electron chi connectivity index (χ3n) is 5.17. The molecule has 0 aromatic rings. The van der Waals surface area contributed by atoms with E-state index in [4.69, 9.17) is 4.74 Å². The monoisotopic (exact) mass is 269 g/mol. The van der Waals surface area contributed by atoms with Gasteiger partial charge in [0.25, 0.3) is 0 Å². The maximum atomic E-state index is 5.97. The molecule has 1 N–H and O–H groups in total. The molecule has 4 atom stereocenters. The van der Waals surface area contributed by atoms with E-state index in [9.17, 15) is 0 Å². The number of hydrogen-bond acceptors (Lipinski definition) is 3. The highest BCUT2D eigenvalue weighted by Gasteiger charge is 2.57. The maximum Gasteiger partial charge on any atom is 0.0684 e. The van der Waals surface area contributed by atoms with Gasteiger partial charge in [0.1, 0.15) is 0 Å². The maximum absolute atomic E-state index is 5.97. The molecule has 0 aromatic carbocycles. The normalized spacial score (nSPS) is 43.0. The van der Waals surface area contributed by atoms with E-state index in [0.29, 0.717) is 17.6 Å². The minimum Gasteiger partial charge on any atom is -0.377 e. The molecule has 2 aliphatic heterocycles. The van der Waals surface area contributed by atoms with Gasteiger partial charge in [0.15, 0.2) is 0 Å². The molecule has 1 aliphatic carbocycles. The third kappa shape index (κ3) is 2.34. The Morgan fingerprint density at radius 1 is 1.22 bits per heavy atom. The van der Waals surface area contributed by atoms with Crippen LogP contribution in [-0.2, 0) is 4.74 Å². The van der Waals surface area contributed by atoms with Gasteiger partial charge in [-0.05, 0) is 31.4 Å². The van der Waals surface area contributed by atoms with E-state index in [1.54, 1.807) is 0 Å². The minimum atomic E-state index is 0.338. The largest absolute Gasteiger partial charge is 0.377 e. The van der Waals surface area contributed by atoms with Crippen LogP contribution in [0.5, 0.6) is 0 Å². The molecule has 3 aliphatic rings. The van der Waals surface area contributed by atoms with Gasteiger partial charge in [0, 0.05) is 35.8 Å². The summed E-state index contributed by atoms with van der Waals surface area (Å²) in [5.74, 6) is 2.15. The lowest BCUT2D eigenvalue weighted by molar-refractivity contribution is -0.192. The Labute approximate surface area is 116 Å². The number of thioether (sulfide) groups is 1. The summed E-state index contributed by atoms with van der Waals surface area (Å²) < 4.78 is 5.97. The van der Waals surface area contributed by atoms with Gasteiger partial charge in [-0.1, -0.05) is 20.3 Å². The van der Waals surface area contributed by atoms with Crippen LogP contribution in [0.4, 0.5) is 0 Å². The molecule has 0 radical (unpaired) electrons. The highest BCUT2D eigenvalue weighted by Crippen LogP contribution is 2.51. The number of fused-ring (bicyclic) bond motifs is 1. The van der Waals surface area contributed by atoms with Crippen molar-refractivity contribution in [3.63, 3.8) is 0 Å². The van der Waals surface area contributed by atoms with E-state index in [2.05, 4.69) is 30.9 Å². The Morgan fingerprint density at radius 3 is 2.89 bits per heavy atom. The van der Waals surface area contributed by atoms with Gasteiger partial charge in [-0.25, -0.2) is 0 Å². The molecular formula is C15H27NOS. The fourth-order valence-electron chi connectivity index (χ4n) is 4.16. The molecule has 2 saturated heterocycles. The quantitative estimate of drug-likeness (QED) is 0.851. The summed E-state index contributed by atoms with van der Waals surface area (Å²) in [7, 11) is 0. The second-order valence-corrected chi connectivity index (χ2v) is 8.20. The lowest BCUT2D eigenvalue weighted by Crippen LogP contribution is -2.69.